The van der Waals surface area contributed by atoms with Gasteiger partial charge in [-0.15, -0.1) is 0 Å². The van der Waals surface area contributed by atoms with Gasteiger partial charge in [-0.25, -0.2) is 0 Å². The number of rotatable bonds is 11. The lowest BCUT2D eigenvalue weighted by Crippen LogP contribution is -2.43. The van der Waals surface area contributed by atoms with E-state index in [9.17, 15) is 13.5 Å². The second kappa shape index (κ2) is 11.2. The van der Waals surface area contributed by atoms with Crippen LogP contribution in [0.5, 0.6) is 0 Å². The Labute approximate surface area is 192 Å². The van der Waals surface area contributed by atoms with Gasteiger partial charge in [0, 0.05) is 42.3 Å². The molecule has 0 spiro atoms. The molecule has 0 saturated heterocycles. The number of β-amino-alcohol motifs (C(OH)–C–C–N with tert-alkyl or cyclic N) is 1. The van der Waals surface area contributed by atoms with E-state index in [-0.39, 0.29) is 5.54 Å². The van der Waals surface area contributed by atoms with Gasteiger partial charge in [-0.2, -0.15) is 13.1 Å². The maximum absolute atomic E-state index is 12.4. The fourth-order valence-electron chi connectivity index (χ4n) is 4.14. The van der Waals surface area contributed by atoms with Crippen molar-refractivity contribution in [2.24, 2.45) is 5.92 Å². The SMILES string of the molecule is CC(C)(Cc1ccc(NS(=O)(=O)NCC2CCCCC2)cc1)NCC(O)c1cccnc1. The van der Waals surface area contributed by atoms with Gasteiger partial charge in [0.2, 0.25) is 0 Å². The Bertz CT molecular complexity index is 927. The standard InChI is InChI=1S/C24H36N4O3S/c1-24(2,26-18-23(29)21-9-6-14-25-17-21)15-19-10-12-22(13-11-19)28-32(30,31)27-16-20-7-4-3-5-8-20/h6,9-14,17,20,23,26-29H,3-5,7-8,15-16,18H2,1-2H3. The average Bonchev–Trinajstić information content (AvgIpc) is 2.78. The lowest BCUT2D eigenvalue weighted by Gasteiger charge is -2.28. The van der Waals surface area contributed by atoms with E-state index in [0.29, 0.717) is 24.7 Å². The summed E-state index contributed by atoms with van der Waals surface area (Å²) in [4.78, 5) is 4.05. The Hall–Kier alpha value is -2.00. The van der Waals surface area contributed by atoms with Crippen LogP contribution in [-0.2, 0) is 16.6 Å². The van der Waals surface area contributed by atoms with Crippen LogP contribution < -0.4 is 14.8 Å². The van der Waals surface area contributed by atoms with Gasteiger partial charge in [-0.3, -0.25) is 9.71 Å². The number of nitrogens with zero attached hydrogens (tertiary/aromatic N) is 1. The van der Waals surface area contributed by atoms with Crippen LogP contribution >= 0.6 is 0 Å². The van der Waals surface area contributed by atoms with Gasteiger partial charge in [0.05, 0.1) is 6.10 Å². The summed E-state index contributed by atoms with van der Waals surface area (Å²) in [6.07, 6.45) is 9.30. The topological polar surface area (TPSA) is 103 Å². The highest BCUT2D eigenvalue weighted by Gasteiger charge is 2.20. The molecule has 0 aliphatic heterocycles. The monoisotopic (exact) mass is 460 g/mol. The van der Waals surface area contributed by atoms with E-state index < -0.39 is 16.3 Å². The van der Waals surface area contributed by atoms with Crippen LogP contribution in [0.15, 0.2) is 48.8 Å². The zero-order chi connectivity index (χ0) is 23.0. The summed E-state index contributed by atoms with van der Waals surface area (Å²) in [5.74, 6) is 0.439. The molecule has 8 heteroatoms. The summed E-state index contributed by atoms with van der Waals surface area (Å²) in [6.45, 7) is 5.07. The van der Waals surface area contributed by atoms with Crippen molar-refractivity contribution in [2.75, 3.05) is 17.8 Å². The zero-order valence-corrected chi connectivity index (χ0v) is 19.9. The molecule has 0 bridgehead atoms. The number of aliphatic hydroxyl groups is 1. The number of hydrogen-bond donors (Lipinski definition) is 4. The Kier molecular flexibility index (Phi) is 8.64. The predicted octanol–water partition coefficient (Wildman–Crippen LogP) is 3.55. The summed E-state index contributed by atoms with van der Waals surface area (Å²) >= 11 is 0. The summed E-state index contributed by atoms with van der Waals surface area (Å²) < 4.78 is 30.0. The Balaban J connectivity index is 1.47. The number of benzene rings is 1. The van der Waals surface area contributed by atoms with Crippen molar-refractivity contribution in [2.45, 2.75) is 64.0 Å². The Morgan fingerprint density at radius 1 is 1.12 bits per heavy atom. The molecule has 176 valence electrons. The highest BCUT2D eigenvalue weighted by atomic mass is 32.2. The first-order valence-electron chi connectivity index (χ1n) is 11.4. The van der Waals surface area contributed by atoms with Crippen molar-refractivity contribution in [3.05, 3.63) is 59.9 Å². The molecule has 1 atom stereocenters. The molecule has 32 heavy (non-hydrogen) atoms. The normalized spacial score (nSPS) is 16.6. The Morgan fingerprint density at radius 2 is 1.84 bits per heavy atom. The number of anilines is 1. The number of aromatic nitrogens is 1. The van der Waals surface area contributed by atoms with Crippen molar-refractivity contribution in [1.29, 1.82) is 0 Å². The molecule has 1 aliphatic rings. The summed E-state index contributed by atoms with van der Waals surface area (Å²) in [5.41, 5.74) is 2.16. The first-order valence-corrected chi connectivity index (χ1v) is 12.9. The lowest BCUT2D eigenvalue weighted by atomic mass is 9.90. The largest absolute Gasteiger partial charge is 0.387 e. The van der Waals surface area contributed by atoms with Crippen molar-refractivity contribution in [3.63, 3.8) is 0 Å². The molecule has 1 heterocycles. The first-order chi connectivity index (χ1) is 15.2. The minimum absolute atomic E-state index is 0.244. The van der Waals surface area contributed by atoms with Crippen molar-refractivity contribution < 1.29 is 13.5 Å². The van der Waals surface area contributed by atoms with Crippen LogP contribution in [0.4, 0.5) is 5.69 Å². The second-order valence-corrected chi connectivity index (χ2v) is 10.9. The fraction of sp³-hybridized carbons (Fsp3) is 0.542. The van der Waals surface area contributed by atoms with Gasteiger partial charge < -0.3 is 10.4 Å². The highest BCUT2D eigenvalue weighted by Crippen LogP contribution is 2.23. The second-order valence-electron chi connectivity index (χ2n) is 9.40. The van der Waals surface area contributed by atoms with E-state index in [1.807, 2.05) is 24.3 Å². The molecule has 1 fully saturated rings. The molecule has 0 amide bonds. The van der Waals surface area contributed by atoms with Crippen LogP contribution in [0.2, 0.25) is 0 Å². The van der Waals surface area contributed by atoms with Gasteiger partial charge in [-0.1, -0.05) is 37.5 Å². The van der Waals surface area contributed by atoms with Crippen molar-refractivity contribution in [3.8, 4) is 0 Å². The molecule has 3 rings (SSSR count). The predicted molar refractivity (Wildman–Crippen MR) is 129 cm³/mol. The maximum atomic E-state index is 12.4. The Morgan fingerprint density at radius 3 is 2.50 bits per heavy atom. The third-order valence-electron chi connectivity index (χ3n) is 5.98. The summed E-state index contributed by atoms with van der Waals surface area (Å²) in [7, 11) is -3.57. The minimum atomic E-state index is -3.57. The van der Waals surface area contributed by atoms with Gasteiger partial charge in [-0.05, 0) is 62.8 Å². The quantitative estimate of drug-likeness (QED) is 0.411. The number of pyridine rings is 1. The van der Waals surface area contributed by atoms with E-state index in [2.05, 4.69) is 33.6 Å². The molecule has 1 saturated carbocycles. The molecular weight excluding hydrogens is 424 g/mol. The van der Waals surface area contributed by atoms with Crippen molar-refractivity contribution >= 4 is 15.9 Å². The smallest absolute Gasteiger partial charge is 0.299 e. The number of nitrogens with one attached hydrogen (secondary N) is 3. The molecule has 1 aliphatic carbocycles. The third-order valence-corrected chi connectivity index (χ3v) is 7.03. The molecule has 2 aromatic rings. The molecule has 1 unspecified atom stereocenters. The average molecular weight is 461 g/mol. The fourth-order valence-corrected chi connectivity index (χ4v) is 5.11. The zero-order valence-electron chi connectivity index (χ0n) is 19.0. The number of aliphatic hydroxyl groups excluding tert-OH is 1. The van der Waals surface area contributed by atoms with E-state index in [4.69, 9.17) is 0 Å². The molecule has 7 nitrogen and oxygen atoms in total. The van der Waals surface area contributed by atoms with Crippen LogP contribution in [0.3, 0.4) is 0 Å². The van der Waals surface area contributed by atoms with E-state index in [0.717, 1.165) is 30.4 Å². The highest BCUT2D eigenvalue weighted by molar-refractivity contribution is 7.90. The van der Waals surface area contributed by atoms with Crippen LogP contribution in [0.25, 0.3) is 0 Å². The van der Waals surface area contributed by atoms with Crippen LogP contribution in [0.1, 0.15) is 63.2 Å². The van der Waals surface area contributed by atoms with Gasteiger partial charge in [0.15, 0.2) is 0 Å². The summed E-state index contributed by atoms with van der Waals surface area (Å²) in [5, 5.41) is 13.8. The maximum Gasteiger partial charge on any atom is 0.299 e. The molecule has 1 aromatic heterocycles. The van der Waals surface area contributed by atoms with E-state index >= 15 is 0 Å². The van der Waals surface area contributed by atoms with Crippen LogP contribution in [-0.4, -0.2) is 37.1 Å². The van der Waals surface area contributed by atoms with Gasteiger partial charge in [0.1, 0.15) is 0 Å². The van der Waals surface area contributed by atoms with Gasteiger partial charge in [0.25, 0.3) is 10.2 Å². The molecule has 1 aromatic carbocycles. The first kappa shape index (κ1) is 24.6. The number of hydrogen-bond acceptors (Lipinski definition) is 5. The molecule has 4 N–H and O–H groups in total. The third kappa shape index (κ3) is 8.16. The van der Waals surface area contributed by atoms with Crippen LogP contribution in [0, 0.1) is 5.92 Å². The summed E-state index contributed by atoms with van der Waals surface area (Å²) in [6, 6.07) is 11.1. The molecular formula is C24H36N4O3S. The minimum Gasteiger partial charge on any atom is -0.387 e. The molecule has 0 radical (unpaired) electrons. The van der Waals surface area contributed by atoms with Gasteiger partial charge >= 0.3 is 0 Å². The van der Waals surface area contributed by atoms with Crippen molar-refractivity contribution in [1.82, 2.24) is 15.0 Å². The van der Waals surface area contributed by atoms with E-state index in [1.54, 1.807) is 24.5 Å². The lowest BCUT2D eigenvalue weighted by molar-refractivity contribution is 0.160. The van der Waals surface area contributed by atoms with E-state index in [1.165, 1.54) is 19.3 Å².